The number of ether oxygens (including phenoxy) is 1. The summed E-state index contributed by atoms with van der Waals surface area (Å²) in [5, 5.41) is 10.9. The van der Waals surface area contributed by atoms with Crippen molar-refractivity contribution in [3.05, 3.63) is 60.2 Å². The summed E-state index contributed by atoms with van der Waals surface area (Å²) in [4.78, 5) is 19.3. The Hall–Kier alpha value is -3.38. The first-order valence-electron chi connectivity index (χ1n) is 7.70. The van der Waals surface area contributed by atoms with Crippen LogP contribution in [0.25, 0.3) is 33.2 Å². The summed E-state index contributed by atoms with van der Waals surface area (Å²) in [7, 11) is 1.65. The van der Waals surface area contributed by atoms with Gasteiger partial charge in [-0.05, 0) is 47.2 Å². The number of nitrogens with zero attached hydrogens (tertiary/aromatic N) is 1. The lowest BCUT2D eigenvalue weighted by molar-refractivity contribution is 0.0706. The molecule has 0 saturated carbocycles. The van der Waals surface area contributed by atoms with Crippen LogP contribution in [0.2, 0.25) is 0 Å². The van der Waals surface area contributed by atoms with Crippen molar-refractivity contribution in [1.29, 1.82) is 0 Å². The minimum atomic E-state index is -0.558. The number of aromatic nitrogens is 2. The van der Waals surface area contributed by atoms with Crippen molar-refractivity contribution in [3.63, 3.8) is 0 Å². The van der Waals surface area contributed by atoms with Gasteiger partial charge < -0.3 is 9.72 Å². The summed E-state index contributed by atoms with van der Waals surface area (Å²) in [6, 6.07) is 17.0. The number of amides is 1. The van der Waals surface area contributed by atoms with Gasteiger partial charge in [-0.25, -0.2) is 10.5 Å². The minimum Gasteiger partial charge on any atom is -0.497 e. The van der Waals surface area contributed by atoms with Gasteiger partial charge in [-0.15, -0.1) is 0 Å². The molecule has 0 saturated heterocycles. The smallest absolute Gasteiger partial charge is 0.274 e. The van der Waals surface area contributed by atoms with E-state index in [0.29, 0.717) is 11.4 Å². The van der Waals surface area contributed by atoms with Crippen LogP contribution in [-0.2, 0) is 0 Å². The molecule has 0 aliphatic heterocycles. The molecular formula is C19H15N3O3. The number of imidazole rings is 1. The lowest BCUT2D eigenvalue weighted by atomic mass is 10.1. The maximum Gasteiger partial charge on any atom is 0.274 e. The van der Waals surface area contributed by atoms with Crippen LogP contribution in [0.4, 0.5) is 0 Å². The third kappa shape index (κ3) is 2.68. The summed E-state index contributed by atoms with van der Waals surface area (Å²) in [6.45, 7) is 0. The number of nitrogens with one attached hydrogen (secondary N) is 2. The van der Waals surface area contributed by atoms with Crippen molar-refractivity contribution in [1.82, 2.24) is 15.4 Å². The Bertz CT molecular complexity index is 1100. The van der Waals surface area contributed by atoms with Crippen molar-refractivity contribution in [2.45, 2.75) is 0 Å². The highest BCUT2D eigenvalue weighted by molar-refractivity contribution is 5.97. The first kappa shape index (κ1) is 15.2. The summed E-state index contributed by atoms with van der Waals surface area (Å²) in [5.74, 6) is 0.977. The van der Waals surface area contributed by atoms with E-state index in [1.54, 1.807) is 30.8 Å². The van der Waals surface area contributed by atoms with E-state index in [9.17, 15) is 4.79 Å². The highest BCUT2D eigenvalue weighted by Gasteiger charge is 2.10. The zero-order valence-electron chi connectivity index (χ0n) is 13.4. The maximum atomic E-state index is 11.5. The zero-order valence-corrected chi connectivity index (χ0v) is 13.4. The molecule has 4 aromatic rings. The number of rotatable bonds is 3. The van der Waals surface area contributed by atoms with E-state index in [4.69, 9.17) is 9.94 Å². The van der Waals surface area contributed by atoms with Gasteiger partial charge in [0.05, 0.1) is 18.1 Å². The normalized spacial score (nSPS) is 11.0. The molecule has 1 aromatic heterocycles. The van der Waals surface area contributed by atoms with Gasteiger partial charge in [-0.2, -0.15) is 0 Å². The standard InChI is InChI=1S/C19H15N3O3/c1-25-15-6-4-11-8-13(3-2-12(11)9-15)18-20-16-7-5-14(19(23)22-24)10-17(16)21-18/h2-10,24H,1H3,(H,20,21)(H,22,23). The van der Waals surface area contributed by atoms with Crippen LogP contribution in [-0.4, -0.2) is 28.2 Å². The maximum absolute atomic E-state index is 11.5. The second-order valence-corrected chi connectivity index (χ2v) is 5.69. The predicted molar refractivity (Wildman–Crippen MR) is 94.8 cm³/mol. The van der Waals surface area contributed by atoms with Crippen LogP contribution in [0, 0.1) is 0 Å². The van der Waals surface area contributed by atoms with E-state index >= 15 is 0 Å². The minimum absolute atomic E-state index is 0.357. The average Bonchev–Trinajstić information content (AvgIpc) is 3.09. The fourth-order valence-electron chi connectivity index (χ4n) is 2.85. The van der Waals surface area contributed by atoms with E-state index in [1.807, 2.05) is 36.4 Å². The SMILES string of the molecule is COc1ccc2cc(-c3nc4ccc(C(=O)NO)cc4[nH]3)ccc2c1. The quantitative estimate of drug-likeness (QED) is 0.395. The van der Waals surface area contributed by atoms with E-state index < -0.39 is 5.91 Å². The molecule has 3 aromatic carbocycles. The van der Waals surface area contributed by atoms with Crippen LogP contribution >= 0.6 is 0 Å². The lowest BCUT2D eigenvalue weighted by Crippen LogP contribution is -2.18. The molecule has 124 valence electrons. The van der Waals surface area contributed by atoms with Crippen molar-refractivity contribution < 1.29 is 14.7 Å². The first-order valence-corrected chi connectivity index (χ1v) is 7.70. The summed E-state index contributed by atoms with van der Waals surface area (Å²) in [6.07, 6.45) is 0. The van der Waals surface area contributed by atoms with Gasteiger partial charge in [0.15, 0.2) is 0 Å². The van der Waals surface area contributed by atoms with Crippen molar-refractivity contribution in [2.24, 2.45) is 0 Å². The Kier molecular flexibility index (Phi) is 3.59. The second kappa shape index (κ2) is 5.92. The van der Waals surface area contributed by atoms with Crippen LogP contribution in [0.1, 0.15) is 10.4 Å². The molecule has 0 unspecified atom stereocenters. The fourth-order valence-corrected chi connectivity index (χ4v) is 2.85. The monoisotopic (exact) mass is 333 g/mol. The number of carbonyl (C=O) groups excluding carboxylic acids is 1. The van der Waals surface area contributed by atoms with Gasteiger partial charge in [0.25, 0.3) is 5.91 Å². The molecule has 0 aliphatic rings. The fraction of sp³-hybridized carbons (Fsp3) is 0.0526. The van der Waals surface area contributed by atoms with Crippen LogP contribution in [0.5, 0.6) is 5.75 Å². The third-order valence-electron chi connectivity index (χ3n) is 4.17. The Morgan fingerprint density at radius 1 is 1.08 bits per heavy atom. The van der Waals surface area contributed by atoms with E-state index in [0.717, 1.165) is 33.1 Å². The second-order valence-electron chi connectivity index (χ2n) is 5.69. The molecule has 0 spiro atoms. The molecule has 6 nitrogen and oxygen atoms in total. The summed E-state index contributed by atoms with van der Waals surface area (Å²) in [5.41, 5.74) is 4.41. The number of aromatic amines is 1. The van der Waals surface area contributed by atoms with Crippen molar-refractivity contribution >= 4 is 27.7 Å². The Morgan fingerprint density at radius 3 is 2.68 bits per heavy atom. The average molecular weight is 333 g/mol. The number of benzene rings is 3. The zero-order chi connectivity index (χ0) is 17.4. The molecule has 0 bridgehead atoms. The molecule has 3 N–H and O–H groups in total. The van der Waals surface area contributed by atoms with Gasteiger partial charge in [0.1, 0.15) is 11.6 Å². The topological polar surface area (TPSA) is 87.2 Å². The molecule has 6 heteroatoms. The number of hydrogen-bond donors (Lipinski definition) is 3. The van der Waals surface area contributed by atoms with Gasteiger partial charge >= 0.3 is 0 Å². The van der Waals surface area contributed by atoms with Crippen LogP contribution in [0.3, 0.4) is 0 Å². The number of hydrogen-bond acceptors (Lipinski definition) is 4. The van der Waals surface area contributed by atoms with E-state index in [1.165, 1.54) is 0 Å². The molecule has 4 rings (SSSR count). The molecule has 0 atom stereocenters. The molecule has 0 radical (unpaired) electrons. The Morgan fingerprint density at radius 2 is 1.88 bits per heavy atom. The molecule has 1 heterocycles. The van der Waals surface area contributed by atoms with Gasteiger partial charge in [0.2, 0.25) is 0 Å². The third-order valence-corrected chi connectivity index (χ3v) is 4.17. The Balaban J connectivity index is 1.78. The number of methoxy groups -OCH3 is 1. The van der Waals surface area contributed by atoms with Crippen molar-refractivity contribution in [2.75, 3.05) is 7.11 Å². The largest absolute Gasteiger partial charge is 0.497 e. The summed E-state index contributed by atoms with van der Waals surface area (Å²) >= 11 is 0. The Labute approximate surface area is 143 Å². The van der Waals surface area contributed by atoms with Gasteiger partial charge in [-0.1, -0.05) is 18.2 Å². The van der Waals surface area contributed by atoms with Crippen molar-refractivity contribution in [3.8, 4) is 17.1 Å². The summed E-state index contributed by atoms with van der Waals surface area (Å²) < 4.78 is 5.25. The predicted octanol–water partition coefficient (Wildman–Crippen LogP) is 3.51. The number of fused-ring (bicyclic) bond motifs is 2. The molecule has 1 amide bonds. The molecule has 25 heavy (non-hydrogen) atoms. The van der Waals surface area contributed by atoms with Gasteiger partial charge in [-0.3, -0.25) is 10.0 Å². The van der Waals surface area contributed by atoms with E-state index in [2.05, 4.69) is 9.97 Å². The highest BCUT2D eigenvalue weighted by Crippen LogP contribution is 2.27. The number of hydroxylamine groups is 1. The lowest BCUT2D eigenvalue weighted by Gasteiger charge is -2.04. The molecule has 0 fully saturated rings. The molecule has 0 aliphatic carbocycles. The molecular weight excluding hydrogens is 318 g/mol. The van der Waals surface area contributed by atoms with Crippen LogP contribution in [0.15, 0.2) is 54.6 Å². The number of carbonyl (C=O) groups is 1. The first-order chi connectivity index (χ1) is 12.2. The number of H-pyrrole nitrogens is 1. The van der Waals surface area contributed by atoms with E-state index in [-0.39, 0.29) is 0 Å². The van der Waals surface area contributed by atoms with Crippen LogP contribution < -0.4 is 10.2 Å². The highest BCUT2D eigenvalue weighted by atomic mass is 16.5. The van der Waals surface area contributed by atoms with Gasteiger partial charge in [0, 0.05) is 11.1 Å².